The number of benzene rings is 1. The first-order valence-electron chi connectivity index (χ1n) is 4.97. The number of hydrogen-bond donors (Lipinski definition) is 1. The zero-order chi connectivity index (χ0) is 10.6. The molecule has 0 spiro atoms. The van der Waals surface area contributed by atoms with Gasteiger partial charge in [0.25, 0.3) is 0 Å². The van der Waals surface area contributed by atoms with Crippen LogP contribution in [-0.4, -0.2) is 6.04 Å². The van der Waals surface area contributed by atoms with E-state index in [-0.39, 0.29) is 6.04 Å². The van der Waals surface area contributed by atoms with Crippen molar-refractivity contribution >= 4 is 5.69 Å². The molecule has 0 heterocycles. The van der Waals surface area contributed by atoms with Gasteiger partial charge in [-0.1, -0.05) is 25.0 Å². The van der Waals surface area contributed by atoms with E-state index in [2.05, 4.69) is 50.2 Å². The molecule has 0 aliphatic rings. The molecule has 1 heteroatoms. The van der Waals surface area contributed by atoms with Crippen molar-refractivity contribution in [2.45, 2.75) is 33.2 Å². The van der Waals surface area contributed by atoms with Crippen LogP contribution < -0.4 is 5.32 Å². The first-order valence-corrected chi connectivity index (χ1v) is 4.97. The molecule has 1 unspecified atom stereocenters. The van der Waals surface area contributed by atoms with Gasteiger partial charge in [-0.05, 0) is 37.5 Å². The number of nitrogens with one attached hydrogen (secondary N) is 1. The molecule has 0 amide bonds. The molecule has 0 aliphatic carbocycles. The van der Waals surface area contributed by atoms with Crippen LogP contribution in [-0.2, 0) is 0 Å². The van der Waals surface area contributed by atoms with E-state index < -0.39 is 0 Å². The lowest BCUT2D eigenvalue weighted by atomic mass is 10.1. The average molecular weight is 187 g/mol. The van der Waals surface area contributed by atoms with Gasteiger partial charge < -0.3 is 5.32 Å². The number of rotatable bonds is 3. The van der Waals surface area contributed by atoms with E-state index in [1.54, 1.807) is 0 Å². The van der Waals surface area contributed by atoms with Gasteiger partial charge in [0.05, 0.1) is 6.04 Å². The summed E-state index contributed by atoms with van der Waals surface area (Å²) in [5, 5.41) is 3.35. The highest BCUT2D eigenvalue weighted by molar-refractivity contribution is 5.54. The SMILES string of the molecule is C#CC(CC)Nc1cc(C)ccc1C. The van der Waals surface area contributed by atoms with Crippen LogP contribution in [0.5, 0.6) is 0 Å². The van der Waals surface area contributed by atoms with Crippen molar-refractivity contribution in [3.8, 4) is 12.3 Å². The molecule has 1 nitrogen and oxygen atoms in total. The molecule has 0 bridgehead atoms. The Balaban J connectivity index is 2.86. The largest absolute Gasteiger partial charge is 0.371 e. The summed E-state index contributed by atoms with van der Waals surface area (Å²) < 4.78 is 0. The Morgan fingerprint density at radius 1 is 1.43 bits per heavy atom. The van der Waals surface area contributed by atoms with Gasteiger partial charge in [0.15, 0.2) is 0 Å². The summed E-state index contributed by atoms with van der Waals surface area (Å²) >= 11 is 0. The lowest BCUT2D eigenvalue weighted by Crippen LogP contribution is -2.16. The van der Waals surface area contributed by atoms with Crippen LogP contribution in [0.15, 0.2) is 18.2 Å². The second kappa shape index (κ2) is 4.72. The Morgan fingerprint density at radius 3 is 2.71 bits per heavy atom. The third kappa shape index (κ3) is 2.53. The Bertz CT molecular complexity index is 347. The van der Waals surface area contributed by atoms with Gasteiger partial charge in [-0.25, -0.2) is 0 Å². The average Bonchev–Trinajstić information content (AvgIpc) is 2.19. The van der Waals surface area contributed by atoms with E-state index >= 15 is 0 Å². The molecule has 0 aliphatic heterocycles. The molecule has 0 fully saturated rings. The van der Waals surface area contributed by atoms with Gasteiger partial charge in [0, 0.05) is 5.69 Å². The van der Waals surface area contributed by atoms with E-state index in [1.807, 2.05) is 0 Å². The number of anilines is 1. The maximum Gasteiger partial charge on any atom is 0.0871 e. The van der Waals surface area contributed by atoms with Crippen LogP contribution in [0.1, 0.15) is 24.5 Å². The van der Waals surface area contributed by atoms with E-state index in [1.165, 1.54) is 11.1 Å². The molecule has 0 aromatic heterocycles. The fourth-order valence-electron chi connectivity index (χ4n) is 1.34. The topological polar surface area (TPSA) is 12.0 Å². The minimum atomic E-state index is 0.135. The molecule has 1 rings (SSSR count). The van der Waals surface area contributed by atoms with Crippen molar-refractivity contribution in [1.29, 1.82) is 0 Å². The van der Waals surface area contributed by atoms with E-state index in [0.29, 0.717) is 0 Å². The second-order valence-electron chi connectivity index (χ2n) is 3.59. The zero-order valence-electron chi connectivity index (χ0n) is 9.09. The van der Waals surface area contributed by atoms with Crippen LogP contribution in [0.4, 0.5) is 5.69 Å². The molecule has 1 N–H and O–H groups in total. The summed E-state index contributed by atoms with van der Waals surface area (Å²) in [7, 11) is 0. The van der Waals surface area contributed by atoms with Crippen LogP contribution in [0.2, 0.25) is 0 Å². The number of hydrogen-bond acceptors (Lipinski definition) is 1. The van der Waals surface area contributed by atoms with Crippen LogP contribution in [0.25, 0.3) is 0 Å². The maximum absolute atomic E-state index is 5.41. The highest BCUT2D eigenvalue weighted by atomic mass is 14.9. The third-order valence-corrected chi connectivity index (χ3v) is 2.33. The first kappa shape index (κ1) is 10.7. The van der Waals surface area contributed by atoms with E-state index in [4.69, 9.17) is 6.42 Å². The van der Waals surface area contributed by atoms with Crippen molar-refractivity contribution in [3.05, 3.63) is 29.3 Å². The standard InChI is InChI=1S/C13H17N/c1-5-12(6-2)14-13-9-10(3)7-8-11(13)4/h1,7-9,12,14H,6H2,2-4H3. The third-order valence-electron chi connectivity index (χ3n) is 2.33. The van der Waals surface area contributed by atoms with Crippen LogP contribution >= 0.6 is 0 Å². The molecule has 74 valence electrons. The van der Waals surface area contributed by atoms with Gasteiger partial charge in [-0.3, -0.25) is 0 Å². The van der Waals surface area contributed by atoms with Gasteiger partial charge in [-0.2, -0.15) is 0 Å². The first-order chi connectivity index (χ1) is 6.67. The molecule has 1 aromatic rings. The summed E-state index contributed by atoms with van der Waals surface area (Å²) in [6.07, 6.45) is 6.36. The summed E-state index contributed by atoms with van der Waals surface area (Å²) in [5.74, 6) is 2.74. The Morgan fingerprint density at radius 2 is 2.14 bits per heavy atom. The van der Waals surface area contributed by atoms with E-state index in [0.717, 1.165) is 12.1 Å². The van der Waals surface area contributed by atoms with Gasteiger partial charge in [0.2, 0.25) is 0 Å². The lowest BCUT2D eigenvalue weighted by molar-refractivity contribution is 0.856. The van der Waals surface area contributed by atoms with Crippen LogP contribution in [0.3, 0.4) is 0 Å². The van der Waals surface area contributed by atoms with Crippen molar-refractivity contribution in [3.63, 3.8) is 0 Å². The van der Waals surface area contributed by atoms with Gasteiger partial charge in [0.1, 0.15) is 0 Å². The predicted octanol–water partition coefficient (Wildman–Crippen LogP) is 3.13. The summed E-state index contributed by atoms with van der Waals surface area (Å²) in [6.45, 7) is 6.26. The van der Waals surface area contributed by atoms with Crippen molar-refractivity contribution in [2.75, 3.05) is 5.32 Å². The highest BCUT2D eigenvalue weighted by Gasteiger charge is 2.03. The van der Waals surface area contributed by atoms with Crippen molar-refractivity contribution in [1.82, 2.24) is 0 Å². The lowest BCUT2D eigenvalue weighted by Gasteiger charge is -2.14. The molecule has 0 radical (unpaired) electrons. The second-order valence-corrected chi connectivity index (χ2v) is 3.59. The fourth-order valence-corrected chi connectivity index (χ4v) is 1.34. The Labute approximate surface area is 86.5 Å². The molecule has 14 heavy (non-hydrogen) atoms. The summed E-state index contributed by atoms with van der Waals surface area (Å²) in [6, 6.07) is 6.49. The summed E-state index contributed by atoms with van der Waals surface area (Å²) in [4.78, 5) is 0. The molecule has 0 saturated heterocycles. The molecular formula is C13H17N. The zero-order valence-corrected chi connectivity index (χ0v) is 9.09. The van der Waals surface area contributed by atoms with E-state index in [9.17, 15) is 0 Å². The molecular weight excluding hydrogens is 170 g/mol. The smallest absolute Gasteiger partial charge is 0.0871 e. The minimum absolute atomic E-state index is 0.135. The minimum Gasteiger partial charge on any atom is -0.371 e. The fraction of sp³-hybridized carbons (Fsp3) is 0.385. The molecule has 1 aromatic carbocycles. The monoisotopic (exact) mass is 187 g/mol. The number of terminal acetylenes is 1. The molecule has 0 saturated carbocycles. The maximum atomic E-state index is 5.41. The Hall–Kier alpha value is -1.42. The van der Waals surface area contributed by atoms with Crippen molar-refractivity contribution in [2.24, 2.45) is 0 Å². The predicted molar refractivity (Wildman–Crippen MR) is 62.5 cm³/mol. The summed E-state index contributed by atoms with van der Waals surface area (Å²) in [5.41, 5.74) is 3.64. The van der Waals surface area contributed by atoms with Gasteiger partial charge >= 0.3 is 0 Å². The Kier molecular flexibility index (Phi) is 3.59. The highest BCUT2D eigenvalue weighted by Crippen LogP contribution is 2.17. The number of aryl methyl sites for hydroxylation is 2. The van der Waals surface area contributed by atoms with Crippen molar-refractivity contribution < 1.29 is 0 Å². The normalized spacial score (nSPS) is 11.9. The van der Waals surface area contributed by atoms with Gasteiger partial charge in [-0.15, -0.1) is 6.42 Å². The van der Waals surface area contributed by atoms with Crippen LogP contribution in [0, 0.1) is 26.2 Å². The quantitative estimate of drug-likeness (QED) is 0.717. The molecule has 1 atom stereocenters.